The highest BCUT2D eigenvalue weighted by molar-refractivity contribution is 7.08. The molecule has 0 radical (unpaired) electrons. The van der Waals surface area contributed by atoms with Gasteiger partial charge in [0.25, 0.3) is 5.91 Å². The Kier molecular flexibility index (Phi) is 5.89. The lowest BCUT2D eigenvalue weighted by atomic mass is 9.79. The summed E-state index contributed by atoms with van der Waals surface area (Å²) in [6.45, 7) is 0.663. The lowest BCUT2D eigenvalue weighted by molar-refractivity contribution is -0.308. The molecule has 0 spiro atoms. The van der Waals surface area contributed by atoms with Gasteiger partial charge in [-0.3, -0.25) is 14.4 Å². The molecule has 3 heterocycles. The number of carboxylic acid groups (broad SMARTS) is 1. The fourth-order valence-corrected chi connectivity index (χ4v) is 6.23. The van der Waals surface area contributed by atoms with Crippen LogP contribution in [0.15, 0.2) is 35.0 Å². The molecule has 3 amide bonds. The van der Waals surface area contributed by atoms with E-state index in [1.165, 1.54) is 0 Å². The predicted molar refractivity (Wildman–Crippen MR) is 125 cm³/mol. The Labute approximate surface area is 201 Å². The number of aliphatic carboxylic acids is 1. The van der Waals surface area contributed by atoms with Crippen molar-refractivity contribution in [3.05, 3.63) is 40.6 Å². The number of piperazine rings is 1. The summed E-state index contributed by atoms with van der Waals surface area (Å²) in [5.74, 6) is -1.85. The van der Waals surface area contributed by atoms with Crippen LogP contribution in [0.3, 0.4) is 0 Å². The van der Waals surface area contributed by atoms with Gasteiger partial charge in [-0.2, -0.15) is 11.3 Å². The monoisotopic (exact) mass is 480 g/mol. The molecule has 8 nitrogen and oxygen atoms in total. The minimum Gasteiger partial charge on any atom is -0.550 e. The Bertz CT molecular complexity index is 1140. The van der Waals surface area contributed by atoms with Crippen LogP contribution in [0.4, 0.5) is 5.69 Å². The summed E-state index contributed by atoms with van der Waals surface area (Å²) < 4.78 is 0. The summed E-state index contributed by atoms with van der Waals surface area (Å²) in [7, 11) is 0. The number of rotatable bonds is 5. The first-order valence-corrected chi connectivity index (χ1v) is 12.6. The van der Waals surface area contributed by atoms with Gasteiger partial charge in [0, 0.05) is 25.5 Å². The number of amides is 3. The number of fused-ring (bicyclic) bond motifs is 2. The van der Waals surface area contributed by atoms with Crippen LogP contribution in [-0.4, -0.2) is 59.2 Å². The van der Waals surface area contributed by atoms with E-state index in [2.05, 4.69) is 5.32 Å². The molecule has 2 aromatic rings. The Morgan fingerprint density at radius 3 is 2.59 bits per heavy atom. The van der Waals surface area contributed by atoms with Gasteiger partial charge in [-0.05, 0) is 64.8 Å². The Morgan fingerprint density at radius 2 is 1.88 bits per heavy atom. The van der Waals surface area contributed by atoms with Crippen LogP contribution in [0.5, 0.6) is 0 Å². The molecular formula is C25H26N3O5S-. The third-order valence-electron chi connectivity index (χ3n) is 7.37. The number of carbonyl (C=O) groups excluding carboxylic acids is 4. The number of anilines is 1. The maximum absolute atomic E-state index is 13.4. The number of hydrogen-bond acceptors (Lipinski definition) is 6. The lowest BCUT2D eigenvalue weighted by Crippen LogP contribution is -2.59. The third kappa shape index (κ3) is 4.20. The van der Waals surface area contributed by atoms with Gasteiger partial charge in [-0.25, -0.2) is 0 Å². The van der Waals surface area contributed by atoms with Crippen LogP contribution in [0.1, 0.15) is 48.9 Å². The van der Waals surface area contributed by atoms with Crippen LogP contribution in [0.25, 0.3) is 11.1 Å². The second kappa shape index (κ2) is 8.87. The van der Waals surface area contributed by atoms with Crippen molar-refractivity contribution in [1.82, 2.24) is 9.80 Å². The first kappa shape index (κ1) is 22.6. The fraction of sp³-hybridized carbons (Fsp3) is 0.440. The molecule has 1 aromatic carbocycles. The highest BCUT2D eigenvalue weighted by Crippen LogP contribution is 2.44. The first-order valence-electron chi connectivity index (χ1n) is 11.6. The van der Waals surface area contributed by atoms with Gasteiger partial charge >= 0.3 is 0 Å². The average molecular weight is 481 g/mol. The number of benzene rings is 1. The van der Waals surface area contributed by atoms with Crippen molar-refractivity contribution in [3.63, 3.8) is 0 Å². The summed E-state index contributed by atoms with van der Waals surface area (Å²) in [4.78, 5) is 54.1. The molecule has 1 aromatic heterocycles. The topological polar surface area (TPSA) is 110 Å². The quantitative estimate of drug-likeness (QED) is 0.705. The molecule has 9 heteroatoms. The SMILES string of the molecule is O=C([O-])CC1(CC(=O)N2CCN3C(=O)c4cc(-c5ccsc5)ccc4NC(=O)[C@@H]3C2)CCCC1. The number of nitrogens with one attached hydrogen (secondary N) is 1. The van der Waals surface area contributed by atoms with E-state index in [0.29, 0.717) is 30.6 Å². The minimum absolute atomic E-state index is 0.100. The molecular weight excluding hydrogens is 454 g/mol. The normalized spacial score (nSPS) is 21.5. The molecule has 1 aliphatic carbocycles. The van der Waals surface area contributed by atoms with Gasteiger partial charge in [0.15, 0.2) is 0 Å². The first-order chi connectivity index (χ1) is 16.3. The summed E-state index contributed by atoms with van der Waals surface area (Å²) in [6, 6.07) is 6.64. The summed E-state index contributed by atoms with van der Waals surface area (Å²) in [5, 5.41) is 18.1. The summed E-state index contributed by atoms with van der Waals surface area (Å²) in [5.41, 5.74) is 2.27. The number of nitrogens with zero attached hydrogens (tertiary/aromatic N) is 2. The van der Waals surface area contributed by atoms with Crippen molar-refractivity contribution in [2.45, 2.75) is 44.6 Å². The second-order valence-electron chi connectivity index (χ2n) is 9.55. The molecule has 1 saturated heterocycles. The van der Waals surface area contributed by atoms with Gasteiger partial charge in [0.05, 0.1) is 17.8 Å². The van der Waals surface area contributed by atoms with Gasteiger partial charge in [0.1, 0.15) is 6.04 Å². The van der Waals surface area contributed by atoms with Crippen LogP contribution in [0.2, 0.25) is 0 Å². The average Bonchev–Trinajstić information content (AvgIpc) is 3.49. The van der Waals surface area contributed by atoms with Crippen molar-refractivity contribution >= 4 is 40.7 Å². The maximum atomic E-state index is 13.4. The number of carboxylic acids is 1. The molecule has 0 unspecified atom stereocenters. The van der Waals surface area contributed by atoms with E-state index in [1.54, 1.807) is 27.2 Å². The Balaban J connectivity index is 1.34. The summed E-state index contributed by atoms with van der Waals surface area (Å²) >= 11 is 1.57. The molecule has 0 bridgehead atoms. The molecule has 178 valence electrons. The lowest BCUT2D eigenvalue weighted by Gasteiger charge is -2.40. The van der Waals surface area contributed by atoms with E-state index >= 15 is 0 Å². The Hall–Kier alpha value is -3.20. The zero-order valence-corrected chi connectivity index (χ0v) is 19.6. The van der Waals surface area contributed by atoms with Gasteiger partial charge in [-0.1, -0.05) is 18.9 Å². The molecule has 5 rings (SSSR count). The van der Waals surface area contributed by atoms with E-state index < -0.39 is 17.4 Å². The van der Waals surface area contributed by atoms with Crippen LogP contribution < -0.4 is 10.4 Å². The zero-order valence-electron chi connectivity index (χ0n) is 18.7. The van der Waals surface area contributed by atoms with Crippen molar-refractivity contribution in [2.24, 2.45) is 5.41 Å². The van der Waals surface area contributed by atoms with Crippen LogP contribution >= 0.6 is 11.3 Å². The zero-order chi connectivity index (χ0) is 23.9. The van der Waals surface area contributed by atoms with E-state index in [4.69, 9.17) is 0 Å². The number of carbonyl (C=O) groups is 4. The molecule has 1 saturated carbocycles. The van der Waals surface area contributed by atoms with Crippen molar-refractivity contribution in [1.29, 1.82) is 0 Å². The predicted octanol–water partition coefficient (Wildman–Crippen LogP) is 2.11. The van der Waals surface area contributed by atoms with E-state index in [1.807, 2.05) is 29.0 Å². The van der Waals surface area contributed by atoms with E-state index in [9.17, 15) is 24.3 Å². The van der Waals surface area contributed by atoms with E-state index in [-0.39, 0.29) is 43.7 Å². The van der Waals surface area contributed by atoms with Crippen molar-refractivity contribution in [3.8, 4) is 11.1 Å². The van der Waals surface area contributed by atoms with Crippen molar-refractivity contribution < 1.29 is 24.3 Å². The van der Waals surface area contributed by atoms with Crippen molar-refractivity contribution in [2.75, 3.05) is 25.0 Å². The maximum Gasteiger partial charge on any atom is 0.256 e. The highest BCUT2D eigenvalue weighted by atomic mass is 32.1. The van der Waals surface area contributed by atoms with Gasteiger partial charge in [0.2, 0.25) is 11.8 Å². The molecule has 2 aliphatic heterocycles. The standard InChI is InChI=1S/C25H27N3O5S/c29-21(12-25(13-22(30)31)6-1-2-7-25)27-8-9-28-20(14-27)23(32)26-19-4-3-16(11-18(19)24(28)33)17-5-10-34-15-17/h3-5,10-11,15,20H,1-2,6-9,12-14H2,(H,26,32)(H,30,31)/p-1/t20-/m0/s1. The largest absolute Gasteiger partial charge is 0.550 e. The fourth-order valence-electron chi connectivity index (χ4n) is 5.57. The molecule has 1 atom stereocenters. The minimum atomic E-state index is -1.13. The second-order valence-corrected chi connectivity index (χ2v) is 10.3. The summed E-state index contributed by atoms with van der Waals surface area (Å²) in [6.07, 6.45) is 3.20. The molecule has 2 fully saturated rings. The van der Waals surface area contributed by atoms with Gasteiger partial charge < -0.3 is 25.0 Å². The number of hydrogen-bond donors (Lipinski definition) is 1. The van der Waals surface area contributed by atoms with E-state index in [0.717, 1.165) is 24.0 Å². The highest BCUT2D eigenvalue weighted by Gasteiger charge is 2.43. The molecule has 1 N–H and O–H groups in total. The Morgan fingerprint density at radius 1 is 1.09 bits per heavy atom. The van der Waals surface area contributed by atoms with Crippen LogP contribution in [0, 0.1) is 5.41 Å². The van der Waals surface area contributed by atoms with Gasteiger partial charge in [-0.15, -0.1) is 0 Å². The van der Waals surface area contributed by atoms with Crippen LogP contribution in [-0.2, 0) is 14.4 Å². The molecule has 3 aliphatic rings. The third-order valence-corrected chi connectivity index (χ3v) is 8.05. The number of thiophene rings is 1. The smallest absolute Gasteiger partial charge is 0.256 e. The molecule has 34 heavy (non-hydrogen) atoms.